The van der Waals surface area contributed by atoms with Crippen molar-refractivity contribution < 1.29 is 9.53 Å². The molecule has 0 radical (unpaired) electrons. The number of thioether (sulfide) groups is 2. The van der Waals surface area contributed by atoms with Gasteiger partial charge in [-0.05, 0) is 30.7 Å². The van der Waals surface area contributed by atoms with Crippen molar-refractivity contribution in [3.63, 3.8) is 0 Å². The van der Waals surface area contributed by atoms with Crippen molar-refractivity contribution in [1.29, 1.82) is 0 Å². The molecule has 1 amide bonds. The van der Waals surface area contributed by atoms with E-state index in [-0.39, 0.29) is 11.5 Å². The van der Waals surface area contributed by atoms with Crippen molar-refractivity contribution in [2.24, 2.45) is 0 Å². The molecule has 2 aromatic heterocycles. The number of amides is 1. The van der Waals surface area contributed by atoms with Gasteiger partial charge < -0.3 is 10.1 Å². The summed E-state index contributed by atoms with van der Waals surface area (Å²) in [7, 11) is 0. The molecule has 3 heterocycles. The predicted molar refractivity (Wildman–Crippen MR) is 125 cm³/mol. The number of carbonyl (C=O) groups is 1. The smallest absolute Gasteiger partial charge is 0.230 e. The van der Waals surface area contributed by atoms with Crippen LogP contribution in [0.15, 0.2) is 40.5 Å². The third-order valence-corrected chi connectivity index (χ3v) is 8.01. The number of hydrogen-bond acceptors (Lipinski definition) is 7. The Morgan fingerprint density at radius 2 is 2.10 bits per heavy atom. The average Bonchev–Trinajstić information content (AvgIpc) is 3.14. The van der Waals surface area contributed by atoms with Gasteiger partial charge in [-0.2, -0.15) is 0 Å². The maximum absolute atomic E-state index is 12.5. The Balaban J connectivity index is 1.55. The van der Waals surface area contributed by atoms with Crippen molar-refractivity contribution in [1.82, 2.24) is 15.3 Å². The van der Waals surface area contributed by atoms with Crippen LogP contribution in [0, 0.1) is 0 Å². The normalized spacial score (nSPS) is 18.4. The molecule has 1 aliphatic heterocycles. The summed E-state index contributed by atoms with van der Waals surface area (Å²) in [5.41, 5.74) is 2.23. The van der Waals surface area contributed by atoms with E-state index in [4.69, 9.17) is 14.7 Å². The van der Waals surface area contributed by atoms with Gasteiger partial charge in [0.1, 0.15) is 9.86 Å². The van der Waals surface area contributed by atoms with Crippen LogP contribution < -0.4 is 5.32 Å². The van der Waals surface area contributed by atoms with Crippen molar-refractivity contribution in [3.8, 4) is 0 Å². The van der Waals surface area contributed by atoms with Crippen LogP contribution >= 0.6 is 34.9 Å². The zero-order valence-corrected chi connectivity index (χ0v) is 19.8. The first kappa shape index (κ1) is 21.6. The number of hydrogen-bond donors (Lipinski definition) is 1. The molecule has 0 fully saturated rings. The monoisotopic (exact) mass is 459 g/mol. The van der Waals surface area contributed by atoms with E-state index in [0.717, 1.165) is 38.8 Å². The minimum absolute atomic E-state index is 0.00661. The molecule has 30 heavy (non-hydrogen) atoms. The molecule has 3 aromatic rings. The molecule has 0 bridgehead atoms. The number of thiophene rings is 1. The van der Waals surface area contributed by atoms with Crippen LogP contribution in [0.1, 0.15) is 36.3 Å². The number of ether oxygens (including phenoxy) is 1. The van der Waals surface area contributed by atoms with E-state index < -0.39 is 0 Å². The number of benzene rings is 1. The summed E-state index contributed by atoms with van der Waals surface area (Å²) < 4.78 is 6.13. The maximum Gasteiger partial charge on any atom is 0.230 e. The van der Waals surface area contributed by atoms with E-state index in [1.54, 1.807) is 11.3 Å². The largest absolute Gasteiger partial charge is 0.369 e. The minimum atomic E-state index is -0.159. The molecular weight excluding hydrogens is 434 g/mol. The van der Waals surface area contributed by atoms with Gasteiger partial charge in [0.25, 0.3) is 0 Å². The Morgan fingerprint density at radius 1 is 1.30 bits per heavy atom. The van der Waals surface area contributed by atoms with Crippen molar-refractivity contribution in [3.05, 3.63) is 46.3 Å². The third kappa shape index (κ3) is 4.66. The summed E-state index contributed by atoms with van der Waals surface area (Å²) in [6.07, 6.45) is 3.79. The van der Waals surface area contributed by atoms with Crippen LogP contribution in [0.5, 0.6) is 0 Å². The predicted octanol–water partition coefficient (Wildman–Crippen LogP) is 5.06. The molecule has 0 saturated heterocycles. The Bertz CT molecular complexity index is 1050. The molecule has 158 valence electrons. The van der Waals surface area contributed by atoms with E-state index in [2.05, 4.69) is 19.2 Å². The maximum atomic E-state index is 12.5. The summed E-state index contributed by atoms with van der Waals surface area (Å²) >= 11 is 4.72. The number of nitrogens with zero attached hydrogens (tertiary/aromatic N) is 2. The van der Waals surface area contributed by atoms with Crippen LogP contribution in [0.2, 0.25) is 0 Å². The molecule has 8 heteroatoms. The van der Waals surface area contributed by atoms with Crippen molar-refractivity contribution in [2.45, 2.75) is 55.6 Å². The number of rotatable bonds is 7. The molecule has 1 aliphatic rings. The average molecular weight is 460 g/mol. The lowest BCUT2D eigenvalue weighted by atomic mass is 9.90. The first-order valence-electron chi connectivity index (χ1n) is 9.95. The third-order valence-electron chi connectivity index (χ3n) is 5.39. The van der Waals surface area contributed by atoms with E-state index in [9.17, 15) is 4.79 Å². The molecule has 1 N–H and O–H groups in total. The molecule has 4 rings (SSSR count). The zero-order chi connectivity index (χ0) is 21.1. The molecular formula is C22H25N3O2S3. The first-order valence-corrected chi connectivity index (χ1v) is 13.0. The van der Waals surface area contributed by atoms with Gasteiger partial charge in [0.15, 0.2) is 5.16 Å². The highest BCUT2D eigenvalue weighted by molar-refractivity contribution is 8.00. The molecule has 1 aromatic carbocycles. The van der Waals surface area contributed by atoms with Gasteiger partial charge in [-0.15, -0.1) is 11.3 Å². The number of carbonyl (C=O) groups excluding carboxylic acids is 1. The second kappa shape index (κ2) is 9.26. The fourth-order valence-corrected chi connectivity index (χ4v) is 5.96. The van der Waals surface area contributed by atoms with Crippen LogP contribution in [0.4, 0.5) is 0 Å². The Morgan fingerprint density at radius 3 is 2.83 bits per heavy atom. The van der Waals surface area contributed by atoms with Crippen LogP contribution in [-0.4, -0.2) is 33.5 Å². The highest BCUT2D eigenvalue weighted by Crippen LogP contribution is 2.43. The van der Waals surface area contributed by atoms with E-state index in [1.807, 2.05) is 36.6 Å². The van der Waals surface area contributed by atoms with Gasteiger partial charge in [-0.3, -0.25) is 4.79 Å². The topological polar surface area (TPSA) is 64.1 Å². The lowest BCUT2D eigenvalue weighted by Crippen LogP contribution is -2.33. The highest BCUT2D eigenvalue weighted by Gasteiger charge is 2.33. The molecule has 5 nitrogen and oxygen atoms in total. The highest BCUT2D eigenvalue weighted by atomic mass is 32.2. The molecule has 0 aliphatic carbocycles. The lowest BCUT2D eigenvalue weighted by molar-refractivity contribution is -0.118. The molecule has 1 atom stereocenters. The number of fused-ring (bicyclic) bond motifs is 3. The Hall–Kier alpha value is -1.61. The summed E-state index contributed by atoms with van der Waals surface area (Å²) in [5, 5.41) is 5.75. The SMILES string of the molecule is CC[C@]1(C)Cc2c(sc3nc(SC)nc(SCC(=O)NCc4ccccc4)c23)CO1. The second-order valence-electron chi connectivity index (χ2n) is 7.52. The molecule has 0 saturated carbocycles. The van der Waals surface area contributed by atoms with Gasteiger partial charge in [0, 0.05) is 23.2 Å². The second-order valence-corrected chi connectivity index (χ2v) is 10.3. The molecule has 0 unspecified atom stereocenters. The zero-order valence-electron chi connectivity index (χ0n) is 17.4. The van der Waals surface area contributed by atoms with Gasteiger partial charge in [-0.25, -0.2) is 9.97 Å². The van der Waals surface area contributed by atoms with Crippen molar-refractivity contribution >= 4 is 51.0 Å². The summed E-state index contributed by atoms with van der Waals surface area (Å²) in [5.74, 6) is 0.339. The fraction of sp³-hybridized carbons (Fsp3) is 0.409. The van der Waals surface area contributed by atoms with Crippen LogP contribution in [0.3, 0.4) is 0 Å². The van der Waals surface area contributed by atoms with Gasteiger partial charge in [-0.1, -0.05) is 60.8 Å². The molecule has 0 spiro atoms. The Labute approximate surface area is 189 Å². The summed E-state index contributed by atoms with van der Waals surface area (Å²) in [4.78, 5) is 24.2. The summed E-state index contributed by atoms with van der Waals surface area (Å²) in [6.45, 7) is 5.49. The van der Waals surface area contributed by atoms with E-state index >= 15 is 0 Å². The van der Waals surface area contributed by atoms with Gasteiger partial charge in [0.05, 0.1) is 18.0 Å². The van der Waals surface area contributed by atoms with Crippen molar-refractivity contribution in [2.75, 3.05) is 12.0 Å². The Kier molecular flexibility index (Phi) is 6.67. The first-order chi connectivity index (χ1) is 14.5. The number of aromatic nitrogens is 2. The minimum Gasteiger partial charge on any atom is -0.369 e. The number of nitrogens with one attached hydrogen (secondary N) is 1. The van der Waals surface area contributed by atoms with Gasteiger partial charge >= 0.3 is 0 Å². The summed E-state index contributed by atoms with van der Waals surface area (Å²) in [6, 6.07) is 9.95. The fourth-order valence-electron chi connectivity index (χ4n) is 3.42. The lowest BCUT2D eigenvalue weighted by Gasteiger charge is -2.33. The van der Waals surface area contributed by atoms with Gasteiger partial charge in [0.2, 0.25) is 5.91 Å². The van der Waals surface area contributed by atoms with Crippen LogP contribution in [-0.2, 0) is 29.1 Å². The van der Waals surface area contributed by atoms with E-state index in [0.29, 0.717) is 18.9 Å². The van der Waals surface area contributed by atoms with Crippen LogP contribution in [0.25, 0.3) is 10.2 Å². The van der Waals surface area contributed by atoms with E-state index in [1.165, 1.54) is 34.0 Å². The standard InChI is InChI=1S/C22H25N3O2S3/c1-4-22(2)10-15-16(12-27-22)30-20-18(15)19(24-21(25-20)28-3)29-13-17(26)23-11-14-8-6-5-7-9-14/h5-9H,4,10-13H2,1-3H3,(H,23,26)/t22-/m1/s1. The quantitative estimate of drug-likeness (QED) is 0.303.